The molecule has 2 aromatic rings. The van der Waals surface area contributed by atoms with Crippen LogP contribution >= 0.6 is 24.0 Å². The van der Waals surface area contributed by atoms with Crippen LogP contribution in [0.1, 0.15) is 42.6 Å². The molecule has 1 atom stereocenters. The van der Waals surface area contributed by atoms with Crippen molar-refractivity contribution in [2.24, 2.45) is 0 Å². The Morgan fingerprint density at radius 1 is 1.37 bits per heavy atom. The van der Waals surface area contributed by atoms with Crippen LogP contribution in [0, 0.1) is 5.82 Å². The number of nitrogens with zero attached hydrogens (tertiary/aromatic N) is 2. The Balaban J connectivity index is 0.00000210. The molecule has 1 saturated heterocycles. The van der Waals surface area contributed by atoms with Crippen LogP contribution in [0.3, 0.4) is 0 Å². The molecular formula is C19H23FIN3O3. The molecule has 27 heavy (non-hydrogen) atoms. The third-order valence-corrected chi connectivity index (χ3v) is 5.40. The minimum absolute atomic E-state index is 0. The summed E-state index contributed by atoms with van der Waals surface area (Å²) >= 11 is 0. The van der Waals surface area contributed by atoms with Crippen molar-refractivity contribution >= 4 is 46.5 Å². The van der Waals surface area contributed by atoms with Gasteiger partial charge in [-0.05, 0) is 31.4 Å². The smallest absolute Gasteiger partial charge is 0.341 e. The maximum Gasteiger partial charge on any atom is 0.341 e. The van der Waals surface area contributed by atoms with Crippen LogP contribution < -0.4 is 15.6 Å². The molecule has 2 N–H and O–H groups in total. The number of anilines is 1. The number of pyridine rings is 1. The quantitative estimate of drug-likeness (QED) is 0.649. The van der Waals surface area contributed by atoms with Crippen molar-refractivity contribution in [1.29, 1.82) is 0 Å². The first-order chi connectivity index (χ1) is 12.5. The summed E-state index contributed by atoms with van der Waals surface area (Å²) < 4.78 is 16.8. The molecule has 2 fully saturated rings. The number of fused-ring (bicyclic) bond motifs is 1. The SMILES string of the molecule is CCC1CNCCN1c1cc2c(cc1F)c(=O)c(C(=O)O)cn2C1CC1.I. The third-order valence-electron chi connectivity index (χ3n) is 5.40. The second-order valence-corrected chi connectivity index (χ2v) is 7.10. The van der Waals surface area contributed by atoms with Gasteiger partial charge in [0.1, 0.15) is 11.4 Å². The fourth-order valence-electron chi connectivity index (χ4n) is 3.83. The molecular weight excluding hydrogens is 464 g/mol. The first kappa shape index (κ1) is 20.1. The molecule has 1 aromatic heterocycles. The number of aromatic carboxylic acids is 1. The Hall–Kier alpha value is -1.68. The maximum absolute atomic E-state index is 14.9. The van der Waals surface area contributed by atoms with Gasteiger partial charge in [-0.15, -0.1) is 24.0 Å². The van der Waals surface area contributed by atoms with Crippen LogP contribution in [0.25, 0.3) is 10.9 Å². The highest BCUT2D eigenvalue weighted by Gasteiger charge is 2.29. The predicted octanol–water partition coefficient (Wildman–Crippen LogP) is 2.98. The van der Waals surface area contributed by atoms with Crippen molar-refractivity contribution in [3.8, 4) is 0 Å². The fraction of sp³-hybridized carbons (Fsp3) is 0.474. The van der Waals surface area contributed by atoms with Crippen molar-refractivity contribution < 1.29 is 14.3 Å². The molecule has 2 aliphatic rings. The van der Waals surface area contributed by atoms with Gasteiger partial charge in [0.15, 0.2) is 0 Å². The van der Waals surface area contributed by atoms with Crippen molar-refractivity contribution in [2.45, 2.75) is 38.3 Å². The van der Waals surface area contributed by atoms with Gasteiger partial charge in [-0.2, -0.15) is 0 Å². The van der Waals surface area contributed by atoms with Crippen LogP contribution in [0.2, 0.25) is 0 Å². The Morgan fingerprint density at radius 3 is 2.74 bits per heavy atom. The highest BCUT2D eigenvalue weighted by Crippen LogP contribution is 2.38. The summed E-state index contributed by atoms with van der Waals surface area (Å²) in [6.45, 7) is 4.34. The third kappa shape index (κ3) is 3.56. The van der Waals surface area contributed by atoms with Gasteiger partial charge < -0.3 is 19.9 Å². The molecule has 146 valence electrons. The van der Waals surface area contributed by atoms with E-state index in [0.717, 1.165) is 32.4 Å². The molecule has 0 amide bonds. The summed E-state index contributed by atoms with van der Waals surface area (Å²) in [6, 6.07) is 3.31. The lowest BCUT2D eigenvalue weighted by Gasteiger charge is -2.38. The lowest BCUT2D eigenvalue weighted by Crippen LogP contribution is -2.51. The van der Waals surface area contributed by atoms with E-state index >= 15 is 0 Å². The molecule has 0 radical (unpaired) electrons. The number of hydrogen-bond donors (Lipinski definition) is 2. The minimum atomic E-state index is -1.27. The largest absolute Gasteiger partial charge is 0.477 e. The molecule has 1 aliphatic carbocycles. The summed E-state index contributed by atoms with van der Waals surface area (Å²) in [5.41, 5.74) is 0.183. The zero-order valence-corrected chi connectivity index (χ0v) is 17.4. The van der Waals surface area contributed by atoms with Crippen LogP contribution in [-0.2, 0) is 0 Å². The van der Waals surface area contributed by atoms with E-state index in [0.29, 0.717) is 17.7 Å². The number of halogens is 2. The molecule has 1 unspecified atom stereocenters. The molecule has 4 rings (SSSR count). The average Bonchev–Trinajstić information content (AvgIpc) is 3.47. The molecule has 1 aromatic carbocycles. The zero-order chi connectivity index (χ0) is 18.4. The predicted molar refractivity (Wildman–Crippen MR) is 113 cm³/mol. The first-order valence-corrected chi connectivity index (χ1v) is 9.10. The summed E-state index contributed by atoms with van der Waals surface area (Å²) in [5.74, 6) is -1.75. The highest BCUT2D eigenvalue weighted by molar-refractivity contribution is 14.0. The molecule has 6 nitrogen and oxygen atoms in total. The Morgan fingerprint density at radius 2 is 2.11 bits per heavy atom. The van der Waals surface area contributed by atoms with E-state index in [-0.39, 0.29) is 47.0 Å². The Kier molecular flexibility index (Phi) is 5.76. The van der Waals surface area contributed by atoms with Crippen molar-refractivity contribution in [1.82, 2.24) is 9.88 Å². The van der Waals surface area contributed by atoms with E-state index in [4.69, 9.17) is 0 Å². The average molecular weight is 487 g/mol. The van der Waals surface area contributed by atoms with Crippen LogP contribution in [0.15, 0.2) is 23.1 Å². The number of carbonyl (C=O) groups is 1. The number of nitrogens with one attached hydrogen (secondary N) is 1. The monoisotopic (exact) mass is 487 g/mol. The van der Waals surface area contributed by atoms with Gasteiger partial charge >= 0.3 is 5.97 Å². The van der Waals surface area contributed by atoms with Crippen molar-refractivity contribution in [2.75, 3.05) is 24.5 Å². The summed E-state index contributed by atoms with van der Waals surface area (Å²) in [4.78, 5) is 26.0. The summed E-state index contributed by atoms with van der Waals surface area (Å²) in [5, 5.41) is 12.8. The Bertz CT molecular complexity index is 942. The Labute approximate surface area is 173 Å². The van der Waals surface area contributed by atoms with Gasteiger partial charge in [-0.3, -0.25) is 4.79 Å². The van der Waals surface area contributed by atoms with Gasteiger partial charge in [0.05, 0.1) is 11.2 Å². The van der Waals surface area contributed by atoms with Crippen LogP contribution in [-0.4, -0.2) is 41.3 Å². The molecule has 0 bridgehead atoms. The van der Waals surface area contributed by atoms with E-state index < -0.39 is 17.2 Å². The minimum Gasteiger partial charge on any atom is -0.477 e. The second-order valence-electron chi connectivity index (χ2n) is 7.10. The van der Waals surface area contributed by atoms with Gasteiger partial charge in [0, 0.05) is 43.3 Å². The number of carboxylic acids is 1. The van der Waals surface area contributed by atoms with Crippen molar-refractivity contribution in [3.05, 3.63) is 39.9 Å². The molecule has 2 heterocycles. The molecule has 1 saturated carbocycles. The molecule has 1 aliphatic heterocycles. The number of piperazine rings is 1. The molecule has 0 spiro atoms. The summed E-state index contributed by atoms with van der Waals surface area (Å²) in [6.07, 6.45) is 4.18. The lowest BCUT2D eigenvalue weighted by atomic mass is 10.1. The van der Waals surface area contributed by atoms with E-state index in [2.05, 4.69) is 17.1 Å². The van der Waals surface area contributed by atoms with Crippen molar-refractivity contribution in [3.63, 3.8) is 0 Å². The van der Waals surface area contributed by atoms with E-state index in [1.54, 1.807) is 6.07 Å². The van der Waals surface area contributed by atoms with Crippen LogP contribution in [0.4, 0.5) is 10.1 Å². The fourth-order valence-corrected chi connectivity index (χ4v) is 3.83. The highest BCUT2D eigenvalue weighted by atomic mass is 127. The van der Waals surface area contributed by atoms with E-state index in [1.165, 1.54) is 12.3 Å². The van der Waals surface area contributed by atoms with Crippen LogP contribution in [0.5, 0.6) is 0 Å². The zero-order valence-electron chi connectivity index (χ0n) is 15.1. The van der Waals surface area contributed by atoms with E-state index in [1.807, 2.05) is 4.57 Å². The standard InChI is InChI=1S/C19H22FN3O3.HI/c1-2-11-9-21-5-6-22(11)17-8-16-13(7-15(17)20)18(24)14(19(25)26)10-23(16)12-3-4-12;/h7-8,10-12,21H,2-6,9H2,1H3,(H,25,26);1H. The number of carboxylic acid groups (broad SMARTS) is 1. The summed E-state index contributed by atoms with van der Waals surface area (Å²) in [7, 11) is 0. The van der Waals surface area contributed by atoms with Gasteiger partial charge in [0.2, 0.25) is 5.43 Å². The molecule has 8 heteroatoms. The number of aromatic nitrogens is 1. The number of hydrogen-bond acceptors (Lipinski definition) is 4. The number of benzene rings is 1. The normalized spacial score (nSPS) is 19.8. The maximum atomic E-state index is 14.9. The second kappa shape index (κ2) is 7.75. The topological polar surface area (TPSA) is 74.6 Å². The lowest BCUT2D eigenvalue weighted by molar-refractivity contribution is 0.0695. The number of rotatable bonds is 4. The van der Waals surface area contributed by atoms with Gasteiger partial charge in [-0.1, -0.05) is 6.92 Å². The van der Waals surface area contributed by atoms with Gasteiger partial charge in [-0.25, -0.2) is 9.18 Å². The van der Waals surface area contributed by atoms with E-state index in [9.17, 15) is 19.1 Å². The first-order valence-electron chi connectivity index (χ1n) is 9.10. The van der Waals surface area contributed by atoms with Gasteiger partial charge in [0.25, 0.3) is 0 Å².